The first-order valence-electron chi connectivity index (χ1n) is 5.05. The average molecular weight is 313 g/mol. The fourth-order valence-corrected chi connectivity index (χ4v) is 3.08. The van der Waals surface area contributed by atoms with Crippen LogP contribution < -0.4 is 10.5 Å². The van der Waals surface area contributed by atoms with Crippen molar-refractivity contribution < 1.29 is 12.8 Å². The van der Waals surface area contributed by atoms with Crippen LogP contribution in [0.5, 0.6) is 0 Å². The molecule has 0 aliphatic heterocycles. The minimum atomic E-state index is -3.94. The van der Waals surface area contributed by atoms with E-state index >= 15 is 0 Å². The Morgan fingerprint density at radius 3 is 2.72 bits per heavy atom. The maximum Gasteiger partial charge on any atom is 0.243 e. The monoisotopic (exact) mass is 312 g/mol. The van der Waals surface area contributed by atoms with Crippen LogP contribution in [0.2, 0.25) is 5.02 Å². The van der Waals surface area contributed by atoms with Crippen LogP contribution in [0, 0.1) is 5.82 Å². The van der Waals surface area contributed by atoms with Gasteiger partial charge in [-0.05, 0) is 18.4 Å². The van der Waals surface area contributed by atoms with E-state index in [0.717, 1.165) is 6.07 Å². The molecular weight excluding hydrogens is 299 g/mol. The molecule has 0 heterocycles. The van der Waals surface area contributed by atoms with Gasteiger partial charge >= 0.3 is 0 Å². The third kappa shape index (κ3) is 3.74. The van der Waals surface area contributed by atoms with Gasteiger partial charge in [-0.1, -0.05) is 18.5 Å². The van der Waals surface area contributed by atoms with E-state index in [9.17, 15) is 12.8 Å². The van der Waals surface area contributed by atoms with Crippen LogP contribution in [0.1, 0.15) is 6.92 Å². The topological polar surface area (TPSA) is 72.2 Å². The zero-order valence-electron chi connectivity index (χ0n) is 9.91. The SMILES string of the molecule is CSC(C)CNS(=O)(=O)c1cc(Cl)cc(N)c1F. The van der Waals surface area contributed by atoms with E-state index in [2.05, 4.69) is 4.72 Å². The van der Waals surface area contributed by atoms with Crippen LogP contribution in [-0.2, 0) is 10.0 Å². The molecule has 0 aliphatic carbocycles. The van der Waals surface area contributed by atoms with Gasteiger partial charge in [0.05, 0.1) is 5.69 Å². The summed E-state index contributed by atoms with van der Waals surface area (Å²) in [5, 5.41) is 0.159. The highest BCUT2D eigenvalue weighted by Crippen LogP contribution is 2.25. The second-order valence-corrected chi connectivity index (χ2v) is 7.15. The Labute approximate surface area is 115 Å². The van der Waals surface area contributed by atoms with Gasteiger partial charge in [-0.25, -0.2) is 17.5 Å². The molecule has 18 heavy (non-hydrogen) atoms. The van der Waals surface area contributed by atoms with Crippen molar-refractivity contribution in [1.82, 2.24) is 4.72 Å². The molecule has 0 aromatic heterocycles. The molecule has 102 valence electrons. The minimum Gasteiger partial charge on any atom is -0.396 e. The van der Waals surface area contributed by atoms with Crippen molar-refractivity contribution in [2.45, 2.75) is 17.1 Å². The van der Waals surface area contributed by atoms with E-state index in [0.29, 0.717) is 0 Å². The number of thioether (sulfide) groups is 1. The van der Waals surface area contributed by atoms with Crippen molar-refractivity contribution in [1.29, 1.82) is 0 Å². The van der Waals surface area contributed by atoms with Gasteiger partial charge in [0, 0.05) is 16.8 Å². The highest BCUT2D eigenvalue weighted by atomic mass is 35.5. The Morgan fingerprint density at radius 2 is 2.17 bits per heavy atom. The van der Waals surface area contributed by atoms with Crippen molar-refractivity contribution in [3.8, 4) is 0 Å². The third-order valence-corrected chi connectivity index (χ3v) is 4.90. The lowest BCUT2D eigenvalue weighted by Gasteiger charge is -2.12. The van der Waals surface area contributed by atoms with Crippen molar-refractivity contribution in [3.05, 3.63) is 23.0 Å². The zero-order chi connectivity index (χ0) is 13.9. The first kappa shape index (κ1) is 15.6. The lowest BCUT2D eigenvalue weighted by atomic mass is 10.3. The second-order valence-electron chi connectivity index (χ2n) is 3.71. The molecule has 1 aromatic rings. The first-order valence-corrected chi connectivity index (χ1v) is 8.20. The van der Waals surface area contributed by atoms with Crippen molar-refractivity contribution in [2.75, 3.05) is 18.5 Å². The smallest absolute Gasteiger partial charge is 0.243 e. The fourth-order valence-electron chi connectivity index (χ4n) is 1.17. The van der Waals surface area contributed by atoms with Crippen LogP contribution in [0.25, 0.3) is 0 Å². The summed E-state index contributed by atoms with van der Waals surface area (Å²) in [7, 11) is -3.94. The van der Waals surface area contributed by atoms with Crippen LogP contribution in [0.15, 0.2) is 17.0 Å². The van der Waals surface area contributed by atoms with E-state index in [1.807, 2.05) is 13.2 Å². The summed E-state index contributed by atoms with van der Waals surface area (Å²) in [6.07, 6.45) is 1.86. The molecule has 1 aromatic carbocycles. The highest BCUT2D eigenvalue weighted by molar-refractivity contribution is 7.99. The molecule has 8 heteroatoms. The Morgan fingerprint density at radius 1 is 1.56 bits per heavy atom. The van der Waals surface area contributed by atoms with Crippen molar-refractivity contribution in [2.24, 2.45) is 0 Å². The minimum absolute atomic E-state index is 0.0761. The second kappa shape index (κ2) is 6.10. The van der Waals surface area contributed by atoms with Crippen LogP contribution in [0.4, 0.5) is 10.1 Å². The Kier molecular flexibility index (Phi) is 5.27. The maximum atomic E-state index is 13.7. The zero-order valence-corrected chi connectivity index (χ0v) is 12.3. The number of hydrogen-bond acceptors (Lipinski definition) is 4. The molecule has 1 unspecified atom stereocenters. The maximum absolute atomic E-state index is 13.7. The molecule has 1 atom stereocenters. The molecule has 3 N–H and O–H groups in total. The fraction of sp³-hybridized carbons (Fsp3) is 0.400. The average Bonchev–Trinajstić information content (AvgIpc) is 2.30. The summed E-state index contributed by atoms with van der Waals surface area (Å²) in [5.74, 6) is -0.983. The number of benzene rings is 1. The Bertz CT molecular complexity index is 537. The summed E-state index contributed by atoms with van der Waals surface area (Å²) in [5.41, 5.74) is 5.05. The molecule has 0 radical (unpaired) electrons. The van der Waals surface area contributed by atoms with Gasteiger partial charge in [0.25, 0.3) is 0 Å². The van der Waals surface area contributed by atoms with E-state index in [-0.39, 0.29) is 22.5 Å². The molecule has 4 nitrogen and oxygen atoms in total. The largest absolute Gasteiger partial charge is 0.396 e. The van der Waals surface area contributed by atoms with E-state index in [4.69, 9.17) is 17.3 Å². The number of anilines is 1. The normalized spacial score (nSPS) is 13.6. The number of hydrogen-bond donors (Lipinski definition) is 2. The predicted molar refractivity (Wildman–Crippen MR) is 74.0 cm³/mol. The van der Waals surface area contributed by atoms with Gasteiger partial charge in [-0.2, -0.15) is 11.8 Å². The Hall–Kier alpha value is -0.500. The number of halogens is 2. The number of rotatable bonds is 5. The van der Waals surface area contributed by atoms with Crippen LogP contribution >= 0.6 is 23.4 Å². The van der Waals surface area contributed by atoms with E-state index in [1.165, 1.54) is 17.8 Å². The summed E-state index contributed by atoms with van der Waals surface area (Å²) in [6.45, 7) is 2.06. The van der Waals surface area contributed by atoms with Gasteiger partial charge in [0.2, 0.25) is 10.0 Å². The Balaban J connectivity index is 3.05. The number of nitrogens with one attached hydrogen (secondary N) is 1. The van der Waals surface area contributed by atoms with Crippen LogP contribution in [0.3, 0.4) is 0 Å². The quantitative estimate of drug-likeness (QED) is 0.817. The highest BCUT2D eigenvalue weighted by Gasteiger charge is 2.22. The molecular formula is C10H14ClFN2O2S2. The standard InChI is InChI=1S/C10H14ClFN2O2S2/c1-6(17-2)5-14-18(15,16)9-4-7(11)3-8(13)10(9)12/h3-4,6,14H,5,13H2,1-2H3. The van der Waals surface area contributed by atoms with Crippen molar-refractivity contribution >= 4 is 39.1 Å². The molecule has 0 amide bonds. The molecule has 0 spiro atoms. The summed E-state index contributed by atoms with van der Waals surface area (Å²) in [4.78, 5) is -0.527. The van der Waals surface area contributed by atoms with E-state index < -0.39 is 20.7 Å². The third-order valence-electron chi connectivity index (χ3n) is 2.28. The molecule has 0 aliphatic rings. The van der Waals surface area contributed by atoms with Crippen LogP contribution in [-0.4, -0.2) is 26.5 Å². The summed E-state index contributed by atoms with van der Waals surface area (Å²) >= 11 is 7.17. The molecule has 0 bridgehead atoms. The van der Waals surface area contributed by atoms with Gasteiger partial charge < -0.3 is 5.73 Å². The molecule has 0 saturated carbocycles. The number of nitrogens with two attached hydrogens (primary N) is 1. The predicted octanol–water partition coefficient (Wildman–Crippen LogP) is 2.09. The van der Waals surface area contributed by atoms with Gasteiger partial charge in [-0.15, -0.1) is 0 Å². The van der Waals surface area contributed by atoms with E-state index in [1.54, 1.807) is 0 Å². The first-order chi connectivity index (χ1) is 8.27. The lowest BCUT2D eigenvalue weighted by molar-refractivity contribution is 0.559. The summed E-state index contributed by atoms with van der Waals surface area (Å²) < 4.78 is 39.8. The van der Waals surface area contributed by atoms with Crippen molar-refractivity contribution in [3.63, 3.8) is 0 Å². The molecule has 1 rings (SSSR count). The van der Waals surface area contributed by atoms with Gasteiger partial charge in [0.15, 0.2) is 5.82 Å². The number of sulfonamides is 1. The van der Waals surface area contributed by atoms with Gasteiger partial charge in [-0.3, -0.25) is 0 Å². The van der Waals surface area contributed by atoms with Gasteiger partial charge in [0.1, 0.15) is 4.90 Å². The molecule has 0 saturated heterocycles. The summed E-state index contributed by atoms with van der Waals surface area (Å²) in [6, 6.07) is 2.21. The number of nitrogen functional groups attached to an aromatic ring is 1. The lowest BCUT2D eigenvalue weighted by Crippen LogP contribution is -2.30. The molecule has 0 fully saturated rings.